The highest BCUT2D eigenvalue weighted by molar-refractivity contribution is 7.09. The second kappa shape index (κ2) is 9.90. The highest BCUT2D eigenvalue weighted by Crippen LogP contribution is 2.21. The van der Waals surface area contributed by atoms with Crippen LogP contribution in [0.15, 0.2) is 53.9 Å². The third kappa shape index (κ3) is 5.58. The molecule has 0 fully saturated rings. The average Bonchev–Trinajstić information content (AvgIpc) is 3.18. The van der Waals surface area contributed by atoms with Crippen molar-refractivity contribution in [2.75, 3.05) is 0 Å². The van der Waals surface area contributed by atoms with Crippen LogP contribution < -0.4 is 4.74 Å². The lowest BCUT2D eigenvalue weighted by Gasteiger charge is -2.28. The number of carbonyl (C=O) groups is 1. The van der Waals surface area contributed by atoms with Crippen LogP contribution in [0.25, 0.3) is 0 Å². The molecule has 0 N–H and O–H groups in total. The van der Waals surface area contributed by atoms with Crippen LogP contribution in [0.4, 0.5) is 0 Å². The monoisotopic (exact) mass is 428 g/mol. The quantitative estimate of drug-likeness (QED) is 0.433. The van der Waals surface area contributed by atoms with E-state index in [1.165, 1.54) is 0 Å². The van der Waals surface area contributed by atoms with Crippen molar-refractivity contribution >= 4 is 28.8 Å². The summed E-state index contributed by atoms with van der Waals surface area (Å²) in [6.45, 7) is 7.01. The highest BCUT2D eigenvalue weighted by atomic mass is 35.5. The van der Waals surface area contributed by atoms with Crippen LogP contribution in [0, 0.1) is 6.92 Å². The van der Waals surface area contributed by atoms with Gasteiger partial charge in [0.1, 0.15) is 17.4 Å². The Hall–Kier alpha value is -2.37. The fraction of sp³-hybridized carbons (Fsp3) is 0.304. The average molecular weight is 429 g/mol. The molecule has 6 heteroatoms. The molecule has 0 spiro atoms. The molecule has 0 unspecified atom stereocenters. The molecule has 0 aliphatic heterocycles. The van der Waals surface area contributed by atoms with Gasteiger partial charge in [-0.05, 0) is 56.2 Å². The summed E-state index contributed by atoms with van der Waals surface area (Å²) < 4.78 is 5.78. The number of ether oxygens (including phenoxy) is 1. The van der Waals surface area contributed by atoms with Crippen LogP contribution in [0.5, 0.6) is 5.75 Å². The number of rotatable bonds is 8. The summed E-state index contributed by atoms with van der Waals surface area (Å²) in [4.78, 5) is 19.8. The summed E-state index contributed by atoms with van der Waals surface area (Å²) in [5.74, 6) is 0.798. The molecule has 2 aromatic carbocycles. The normalized spacial score (nSPS) is 11.9. The van der Waals surface area contributed by atoms with Crippen LogP contribution >= 0.6 is 22.9 Å². The first-order chi connectivity index (χ1) is 14.0. The second-order valence-electron chi connectivity index (χ2n) is 6.98. The minimum absolute atomic E-state index is 0.0458. The molecule has 0 aliphatic rings. The highest BCUT2D eigenvalue weighted by Gasteiger charge is 2.23. The van der Waals surface area contributed by atoms with Crippen LogP contribution in [0.1, 0.15) is 46.9 Å². The van der Waals surface area contributed by atoms with Gasteiger partial charge in [0.05, 0.1) is 12.2 Å². The Labute approximate surface area is 181 Å². The topological polar surface area (TPSA) is 42.4 Å². The van der Waals surface area contributed by atoms with Crippen molar-refractivity contribution in [1.29, 1.82) is 0 Å². The molecule has 152 valence electrons. The van der Waals surface area contributed by atoms with E-state index in [1.807, 2.05) is 53.6 Å². The lowest BCUT2D eigenvalue weighted by Crippen LogP contribution is -2.38. The van der Waals surface area contributed by atoms with E-state index in [4.69, 9.17) is 16.3 Å². The van der Waals surface area contributed by atoms with Gasteiger partial charge >= 0.3 is 0 Å². The number of amides is 1. The van der Waals surface area contributed by atoms with Crippen LogP contribution in [0.3, 0.4) is 0 Å². The van der Waals surface area contributed by atoms with E-state index in [0.29, 0.717) is 18.2 Å². The van der Waals surface area contributed by atoms with Gasteiger partial charge in [-0.1, -0.05) is 36.7 Å². The number of thiazole rings is 1. The van der Waals surface area contributed by atoms with E-state index in [-0.39, 0.29) is 11.9 Å². The Bertz CT molecular complexity index is 956. The van der Waals surface area contributed by atoms with Crippen molar-refractivity contribution in [3.63, 3.8) is 0 Å². The predicted octanol–water partition coefficient (Wildman–Crippen LogP) is 6.12. The molecule has 1 heterocycles. The third-order valence-electron chi connectivity index (χ3n) is 4.87. The molecule has 1 atom stereocenters. The standard InChI is InChI=1S/C23H25ClN2O2S/c1-4-17(3)26(23(27)21-8-6-5-7-16(21)2)13-19-15-29-22(25-19)14-28-20-11-9-18(24)10-12-20/h5-12,15,17H,4,13-14H2,1-3H3/t17-/m1/s1. The van der Waals surface area contributed by atoms with E-state index >= 15 is 0 Å². The van der Waals surface area contributed by atoms with Gasteiger partial charge < -0.3 is 9.64 Å². The maximum atomic E-state index is 13.2. The van der Waals surface area contributed by atoms with Gasteiger partial charge in [-0.2, -0.15) is 0 Å². The molecule has 0 saturated carbocycles. The summed E-state index contributed by atoms with van der Waals surface area (Å²) in [7, 11) is 0. The van der Waals surface area contributed by atoms with Crippen molar-refractivity contribution in [1.82, 2.24) is 9.88 Å². The van der Waals surface area contributed by atoms with Gasteiger partial charge in [0.2, 0.25) is 0 Å². The Morgan fingerprint density at radius 3 is 2.62 bits per heavy atom. The zero-order valence-corrected chi connectivity index (χ0v) is 18.5. The first-order valence-corrected chi connectivity index (χ1v) is 10.9. The molecule has 4 nitrogen and oxygen atoms in total. The number of carbonyl (C=O) groups excluding carboxylic acids is 1. The zero-order valence-electron chi connectivity index (χ0n) is 16.9. The van der Waals surface area contributed by atoms with E-state index in [2.05, 4.69) is 18.8 Å². The molecule has 0 aliphatic carbocycles. The second-order valence-corrected chi connectivity index (χ2v) is 8.36. The number of hydrogen-bond donors (Lipinski definition) is 0. The first-order valence-electron chi connectivity index (χ1n) is 9.66. The number of benzene rings is 2. The molecular formula is C23H25ClN2O2S. The molecular weight excluding hydrogens is 404 g/mol. The molecule has 3 aromatic rings. The van der Waals surface area contributed by atoms with Gasteiger partial charge in [-0.3, -0.25) is 4.79 Å². The maximum Gasteiger partial charge on any atom is 0.254 e. The minimum Gasteiger partial charge on any atom is -0.486 e. The predicted molar refractivity (Wildman–Crippen MR) is 119 cm³/mol. The van der Waals surface area contributed by atoms with E-state index in [1.54, 1.807) is 23.5 Å². The number of aromatic nitrogens is 1. The largest absolute Gasteiger partial charge is 0.486 e. The van der Waals surface area contributed by atoms with Gasteiger partial charge in [0.15, 0.2) is 0 Å². The Morgan fingerprint density at radius 2 is 1.93 bits per heavy atom. The summed E-state index contributed by atoms with van der Waals surface area (Å²) in [5.41, 5.74) is 2.61. The molecule has 29 heavy (non-hydrogen) atoms. The number of hydrogen-bond acceptors (Lipinski definition) is 4. The van der Waals surface area contributed by atoms with Crippen molar-refractivity contribution in [3.8, 4) is 5.75 Å². The van der Waals surface area contributed by atoms with Crippen molar-refractivity contribution in [3.05, 3.63) is 80.8 Å². The Kier molecular flexibility index (Phi) is 7.29. The third-order valence-corrected chi connectivity index (χ3v) is 5.99. The summed E-state index contributed by atoms with van der Waals surface area (Å²) in [6, 6.07) is 15.1. The van der Waals surface area contributed by atoms with Crippen LogP contribution in [0.2, 0.25) is 5.02 Å². The van der Waals surface area contributed by atoms with Gasteiger partial charge in [0, 0.05) is 22.0 Å². The van der Waals surface area contributed by atoms with E-state index in [9.17, 15) is 4.79 Å². The van der Waals surface area contributed by atoms with Crippen molar-refractivity contribution in [2.24, 2.45) is 0 Å². The Morgan fingerprint density at radius 1 is 1.21 bits per heavy atom. The number of nitrogens with zero attached hydrogens (tertiary/aromatic N) is 2. The molecule has 1 amide bonds. The van der Waals surface area contributed by atoms with Gasteiger partial charge in [-0.15, -0.1) is 11.3 Å². The zero-order chi connectivity index (χ0) is 20.8. The SMILES string of the molecule is CC[C@@H](C)N(Cc1csc(COc2ccc(Cl)cc2)n1)C(=O)c1ccccc1C. The lowest BCUT2D eigenvalue weighted by atomic mass is 10.1. The van der Waals surface area contributed by atoms with E-state index in [0.717, 1.165) is 34.0 Å². The molecule has 1 aromatic heterocycles. The molecule has 3 rings (SSSR count). The first kappa shape index (κ1) is 21.3. The fourth-order valence-corrected chi connectivity index (χ4v) is 3.78. The number of halogens is 1. The molecule has 0 radical (unpaired) electrons. The molecule has 0 saturated heterocycles. The summed E-state index contributed by atoms with van der Waals surface area (Å²) in [6.07, 6.45) is 0.883. The smallest absolute Gasteiger partial charge is 0.254 e. The van der Waals surface area contributed by atoms with Gasteiger partial charge in [-0.25, -0.2) is 4.98 Å². The molecule has 0 bridgehead atoms. The number of aryl methyl sites for hydroxylation is 1. The van der Waals surface area contributed by atoms with Crippen molar-refractivity contribution < 1.29 is 9.53 Å². The lowest BCUT2D eigenvalue weighted by molar-refractivity contribution is 0.0668. The minimum atomic E-state index is 0.0458. The maximum absolute atomic E-state index is 13.2. The fourth-order valence-electron chi connectivity index (χ4n) is 2.95. The summed E-state index contributed by atoms with van der Waals surface area (Å²) >= 11 is 7.44. The van der Waals surface area contributed by atoms with Gasteiger partial charge in [0.25, 0.3) is 5.91 Å². The summed E-state index contributed by atoms with van der Waals surface area (Å²) in [5, 5.41) is 3.56. The van der Waals surface area contributed by atoms with Crippen LogP contribution in [-0.2, 0) is 13.2 Å². The van der Waals surface area contributed by atoms with Crippen molar-refractivity contribution in [2.45, 2.75) is 46.4 Å². The van der Waals surface area contributed by atoms with Crippen LogP contribution in [-0.4, -0.2) is 21.8 Å². The van der Waals surface area contributed by atoms with E-state index < -0.39 is 0 Å². The Balaban J connectivity index is 1.69.